The van der Waals surface area contributed by atoms with Gasteiger partial charge in [-0.15, -0.1) is 0 Å². The average molecular weight is 414 g/mol. The van der Waals surface area contributed by atoms with Crippen molar-refractivity contribution in [2.45, 2.75) is 11.8 Å². The third kappa shape index (κ3) is 4.72. The maximum absolute atomic E-state index is 14.0. The first-order chi connectivity index (χ1) is 13.8. The number of carbonyl (C=O) groups is 1. The number of rotatable bonds is 6. The Morgan fingerprint density at radius 2 is 1.72 bits per heavy atom. The Bertz CT molecular complexity index is 1160. The van der Waals surface area contributed by atoms with Crippen LogP contribution in [-0.4, -0.2) is 21.4 Å². The molecule has 0 bridgehead atoms. The zero-order chi connectivity index (χ0) is 21.0. The van der Waals surface area contributed by atoms with Crippen LogP contribution in [0.3, 0.4) is 0 Å². The minimum absolute atomic E-state index is 0.0148. The highest BCUT2D eigenvalue weighted by atomic mass is 32.2. The summed E-state index contributed by atoms with van der Waals surface area (Å²) in [7, 11) is -2.54. The Morgan fingerprint density at radius 3 is 2.45 bits per heavy atom. The van der Waals surface area contributed by atoms with E-state index in [1.54, 1.807) is 37.3 Å². The minimum Gasteiger partial charge on any atom is -0.495 e. The zero-order valence-corrected chi connectivity index (χ0v) is 16.6. The second-order valence-corrected chi connectivity index (χ2v) is 7.95. The molecule has 0 unspecified atom stereocenters. The molecule has 0 aliphatic rings. The fourth-order valence-electron chi connectivity index (χ4n) is 2.65. The summed E-state index contributed by atoms with van der Waals surface area (Å²) in [4.78, 5) is 12.4. The van der Waals surface area contributed by atoms with Gasteiger partial charge in [-0.25, -0.2) is 12.8 Å². The number of hydrogen-bond acceptors (Lipinski definition) is 4. The molecule has 0 atom stereocenters. The number of methoxy groups -OCH3 is 1. The first kappa shape index (κ1) is 20.3. The van der Waals surface area contributed by atoms with Crippen molar-refractivity contribution in [2.24, 2.45) is 0 Å². The van der Waals surface area contributed by atoms with Crippen LogP contribution in [0, 0.1) is 12.7 Å². The van der Waals surface area contributed by atoms with Gasteiger partial charge in [0.1, 0.15) is 11.6 Å². The molecule has 0 aliphatic heterocycles. The molecule has 2 N–H and O–H groups in total. The summed E-state index contributed by atoms with van der Waals surface area (Å²) in [5, 5.41) is 2.45. The number of nitrogens with one attached hydrogen (secondary N) is 2. The lowest BCUT2D eigenvalue weighted by Crippen LogP contribution is -2.16. The predicted octanol–water partition coefficient (Wildman–Crippen LogP) is 4.20. The lowest BCUT2D eigenvalue weighted by Gasteiger charge is -2.12. The Morgan fingerprint density at radius 1 is 0.966 bits per heavy atom. The highest BCUT2D eigenvalue weighted by molar-refractivity contribution is 7.92. The molecular formula is C21H19FN2O4S. The largest absolute Gasteiger partial charge is 0.495 e. The number of halogens is 1. The fourth-order valence-corrected chi connectivity index (χ4v) is 3.77. The molecule has 3 rings (SSSR count). The van der Waals surface area contributed by atoms with E-state index in [1.165, 1.54) is 43.5 Å². The summed E-state index contributed by atoms with van der Waals surface area (Å²) >= 11 is 0. The smallest absolute Gasteiger partial charge is 0.262 e. The summed E-state index contributed by atoms with van der Waals surface area (Å²) in [6.45, 7) is 1.73. The van der Waals surface area contributed by atoms with Gasteiger partial charge in [0.2, 0.25) is 0 Å². The van der Waals surface area contributed by atoms with E-state index in [-0.39, 0.29) is 21.8 Å². The number of amides is 1. The van der Waals surface area contributed by atoms with Crippen LogP contribution in [0.15, 0.2) is 71.6 Å². The molecule has 0 saturated carbocycles. The maximum Gasteiger partial charge on any atom is 0.262 e. The van der Waals surface area contributed by atoms with Crippen LogP contribution in [0.4, 0.5) is 15.8 Å². The van der Waals surface area contributed by atoms with E-state index in [0.717, 1.165) is 5.56 Å². The molecule has 0 aliphatic carbocycles. The van der Waals surface area contributed by atoms with E-state index in [2.05, 4.69) is 10.0 Å². The third-order valence-electron chi connectivity index (χ3n) is 4.13. The molecule has 0 spiro atoms. The summed E-state index contributed by atoms with van der Waals surface area (Å²) in [6.07, 6.45) is 0. The Hall–Kier alpha value is -3.39. The quantitative estimate of drug-likeness (QED) is 0.633. The molecule has 3 aromatic carbocycles. The van der Waals surface area contributed by atoms with Gasteiger partial charge in [-0.3, -0.25) is 9.52 Å². The van der Waals surface area contributed by atoms with E-state index in [0.29, 0.717) is 5.75 Å². The molecule has 1 amide bonds. The van der Waals surface area contributed by atoms with E-state index in [1.807, 2.05) is 0 Å². The number of aryl methyl sites for hydroxylation is 1. The molecular weight excluding hydrogens is 395 g/mol. The van der Waals surface area contributed by atoms with Gasteiger partial charge >= 0.3 is 0 Å². The van der Waals surface area contributed by atoms with Crippen LogP contribution in [-0.2, 0) is 10.0 Å². The summed E-state index contributed by atoms with van der Waals surface area (Å²) < 4.78 is 47.0. The molecule has 3 aromatic rings. The highest BCUT2D eigenvalue weighted by Gasteiger charge is 2.18. The van der Waals surface area contributed by atoms with Crippen LogP contribution in [0.1, 0.15) is 15.9 Å². The zero-order valence-electron chi connectivity index (χ0n) is 15.8. The molecule has 29 heavy (non-hydrogen) atoms. The molecule has 6 nitrogen and oxygen atoms in total. The lowest BCUT2D eigenvalue weighted by atomic mass is 10.2. The normalized spacial score (nSPS) is 11.0. The predicted molar refractivity (Wildman–Crippen MR) is 109 cm³/mol. The van der Waals surface area contributed by atoms with Crippen molar-refractivity contribution in [3.63, 3.8) is 0 Å². The van der Waals surface area contributed by atoms with E-state index in [4.69, 9.17) is 4.74 Å². The summed E-state index contributed by atoms with van der Waals surface area (Å²) in [5.74, 6) is -0.832. The molecule has 150 valence electrons. The van der Waals surface area contributed by atoms with Gasteiger partial charge in [-0.05, 0) is 55.0 Å². The van der Waals surface area contributed by atoms with Crippen LogP contribution in [0.2, 0.25) is 0 Å². The van der Waals surface area contributed by atoms with Gasteiger partial charge in [-0.2, -0.15) is 0 Å². The number of anilines is 2. The topological polar surface area (TPSA) is 84.5 Å². The van der Waals surface area contributed by atoms with E-state index < -0.39 is 21.7 Å². The van der Waals surface area contributed by atoms with E-state index in [9.17, 15) is 17.6 Å². The summed E-state index contributed by atoms with van der Waals surface area (Å²) in [5.41, 5.74) is 1.08. The second-order valence-electron chi connectivity index (χ2n) is 6.27. The minimum atomic E-state index is -3.97. The number of benzene rings is 3. The first-order valence-corrected chi connectivity index (χ1v) is 10.1. The lowest BCUT2D eigenvalue weighted by molar-refractivity contribution is 0.102. The van der Waals surface area contributed by atoms with Crippen LogP contribution >= 0.6 is 0 Å². The van der Waals surface area contributed by atoms with Gasteiger partial charge < -0.3 is 10.1 Å². The maximum atomic E-state index is 14.0. The summed E-state index contributed by atoms with van der Waals surface area (Å²) in [6, 6.07) is 16.5. The van der Waals surface area contributed by atoms with Gasteiger partial charge in [0.25, 0.3) is 15.9 Å². The van der Waals surface area contributed by atoms with Crippen molar-refractivity contribution < 1.29 is 22.3 Å². The Kier molecular flexibility index (Phi) is 5.84. The van der Waals surface area contributed by atoms with Crippen molar-refractivity contribution in [2.75, 3.05) is 17.1 Å². The van der Waals surface area contributed by atoms with Gasteiger partial charge in [-0.1, -0.05) is 24.3 Å². The fraction of sp³-hybridized carbons (Fsp3) is 0.0952. The van der Waals surface area contributed by atoms with Crippen LogP contribution in [0.25, 0.3) is 0 Å². The highest BCUT2D eigenvalue weighted by Crippen LogP contribution is 2.26. The van der Waals surface area contributed by atoms with E-state index >= 15 is 0 Å². The molecule has 0 radical (unpaired) electrons. The van der Waals surface area contributed by atoms with Crippen molar-refractivity contribution in [1.29, 1.82) is 0 Å². The number of carbonyl (C=O) groups excluding carboxylic acids is 1. The monoisotopic (exact) mass is 414 g/mol. The third-order valence-corrected chi connectivity index (χ3v) is 5.49. The van der Waals surface area contributed by atoms with Gasteiger partial charge in [0.15, 0.2) is 0 Å². The number of ether oxygens (including phenoxy) is 1. The van der Waals surface area contributed by atoms with Crippen LogP contribution < -0.4 is 14.8 Å². The van der Waals surface area contributed by atoms with Crippen LogP contribution in [0.5, 0.6) is 5.75 Å². The number of para-hydroxylation sites is 2. The van der Waals surface area contributed by atoms with Crippen molar-refractivity contribution in [3.8, 4) is 5.75 Å². The van der Waals surface area contributed by atoms with Gasteiger partial charge in [0, 0.05) is 5.56 Å². The molecule has 0 heterocycles. The van der Waals surface area contributed by atoms with Crippen molar-refractivity contribution in [3.05, 3.63) is 83.7 Å². The Balaban J connectivity index is 1.85. The van der Waals surface area contributed by atoms with Crippen molar-refractivity contribution >= 4 is 27.3 Å². The second kappa shape index (κ2) is 8.32. The first-order valence-electron chi connectivity index (χ1n) is 8.63. The van der Waals surface area contributed by atoms with Crippen molar-refractivity contribution in [1.82, 2.24) is 0 Å². The average Bonchev–Trinajstić information content (AvgIpc) is 2.70. The standard InChI is InChI=1S/C21H19FN2O4S/c1-14-10-11-18(17(22)12-14)23-21(25)15-6-5-7-16(13-15)29(26,27)24-19-8-3-4-9-20(19)28-2/h3-13,24H,1-2H3,(H,23,25). The van der Waals surface area contributed by atoms with Gasteiger partial charge in [0.05, 0.1) is 23.4 Å². The number of sulfonamides is 1. The number of hydrogen-bond donors (Lipinski definition) is 2. The Labute approximate surface area is 168 Å². The molecule has 0 aromatic heterocycles. The SMILES string of the molecule is COc1ccccc1NS(=O)(=O)c1cccc(C(=O)Nc2ccc(C)cc2F)c1. The molecule has 0 saturated heterocycles. The molecule has 8 heteroatoms. The molecule has 0 fully saturated rings.